The smallest absolute Gasteiger partial charge is 0.326 e. The van der Waals surface area contributed by atoms with E-state index in [1.54, 1.807) is 6.20 Å². The number of carboxylic acids is 2. The summed E-state index contributed by atoms with van der Waals surface area (Å²) in [4.78, 5) is 114. The van der Waals surface area contributed by atoms with Gasteiger partial charge >= 0.3 is 11.9 Å². The van der Waals surface area contributed by atoms with E-state index in [1.807, 2.05) is 6.92 Å². The average molecular weight is 1170 g/mol. The Hall–Kier alpha value is -5.44. The van der Waals surface area contributed by atoms with Gasteiger partial charge in [0.2, 0.25) is 29.5 Å². The minimum atomic E-state index is -1.30. The fraction of sp³-hybridized carbons (Fsp3) is 0.789. The number of nitrogens with two attached hydrogens (primary N) is 1. The number of unbranched alkanes of at least 4 members (excludes halogenated alkanes) is 15. The molecule has 0 aliphatic heterocycles. The topological polar surface area (TPSA) is 370 Å². The number of ketones is 2. The number of nitrogens with zero attached hydrogens (tertiary/aromatic N) is 1. The second-order valence-electron chi connectivity index (χ2n) is 20.8. The highest BCUT2D eigenvalue weighted by molar-refractivity contribution is 5.95. The molecule has 1 heterocycles. The Kier molecular flexibility index (Phi) is 47.8. The monoisotopic (exact) mass is 1170 g/mol. The maximum atomic E-state index is 13.1. The number of rotatable bonds is 54. The summed E-state index contributed by atoms with van der Waals surface area (Å²) in [5, 5.41) is 36.7. The van der Waals surface area contributed by atoms with Crippen LogP contribution in [0.5, 0.6) is 0 Å². The molecule has 0 aliphatic carbocycles. The summed E-state index contributed by atoms with van der Waals surface area (Å²) >= 11 is 0. The molecule has 0 spiro atoms. The van der Waals surface area contributed by atoms with Crippen molar-refractivity contribution in [3.8, 4) is 0 Å². The predicted octanol–water partition coefficient (Wildman–Crippen LogP) is 3.17. The van der Waals surface area contributed by atoms with E-state index in [-0.39, 0.29) is 95.1 Å². The van der Waals surface area contributed by atoms with Crippen molar-refractivity contribution in [3.05, 3.63) is 18.2 Å². The molecule has 12 N–H and O–H groups in total. The van der Waals surface area contributed by atoms with Crippen molar-refractivity contribution in [2.45, 2.75) is 200 Å². The molecule has 1 aromatic rings. The van der Waals surface area contributed by atoms with E-state index >= 15 is 0 Å². The van der Waals surface area contributed by atoms with Gasteiger partial charge in [0, 0.05) is 51.3 Å². The number of Topliss-reactive ketones (excluding diaryl/α,β-unsaturated/α-hetero) is 2. The quantitative estimate of drug-likeness (QED) is 0.0417. The van der Waals surface area contributed by atoms with Gasteiger partial charge in [0.05, 0.1) is 83.2 Å². The Balaban J connectivity index is 0.00000203. The van der Waals surface area contributed by atoms with E-state index in [9.17, 15) is 43.2 Å². The molecule has 0 radical (unpaired) electrons. The number of aromatic amines is 1. The summed E-state index contributed by atoms with van der Waals surface area (Å²) in [6.45, 7) is 9.96. The van der Waals surface area contributed by atoms with Crippen LogP contribution in [0.4, 0.5) is 0 Å². The van der Waals surface area contributed by atoms with Gasteiger partial charge in [-0.1, -0.05) is 110 Å². The van der Waals surface area contributed by atoms with Crippen LogP contribution in [0.25, 0.3) is 0 Å². The fourth-order valence-corrected chi connectivity index (χ4v) is 8.03. The lowest BCUT2D eigenvalue weighted by molar-refractivity contribution is -0.142. The van der Waals surface area contributed by atoms with Crippen molar-refractivity contribution in [1.82, 2.24) is 47.2 Å². The molecule has 1 unspecified atom stereocenters. The molecule has 25 nitrogen and oxygen atoms in total. The van der Waals surface area contributed by atoms with E-state index < -0.39 is 53.8 Å². The number of carbonyl (C=O) groups excluding carboxylic acids is 7. The number of aromatic nitrogens is 2. The van der Waals surface area contributed by atoms with E-state index in [0.29, 0.717) is 64.1 Å². The van der Waals surface area contributed by atoms with Gasteiger partial charge in [0.1, 0.15) is 19.3 Å². The molecule has 0 fully saturated rings. The average Bonchev–Trinajstić information content (AvgIpc) is 3.95. The van der Waals surface area contributed by atoms with Crippen LogP contribution in [-0.2, 0) is 68.5 Å². The van der Waals surface area contributed by atoms with Crippen molar-refractivity contribution in [2.24, 2.45) is 5.73 Å². The Labute approximate surface area is 486 Å². The molecule has 82 heavy (non-hydrogen) atoms. The fourth-order valence-electron chi connectivity index (χ4n) is 8.03. The molecule has 1 rings (SSSR count). The molecule has 0 aliphatic rings. The highest BCUT2D eigenvalue weighted by Crippen LogP contribution is 2.14. The Morgan fingerprint density at radius 2 is 1.15 bits per heavy atom. The zero-order valence-corrected chi connectivity index (χ0v) is 50.1. The number of H-pyrrole nitrogens is 1. The number of carbonyl (C=O) groups is 9. The van der Waals surface area contributed by atoms with Gasteiger partial charge in [0.15, 0.2) is 11.6 Å². The molecule has 3 atom stereocenters. The maximum Gasteiger partial charge on any atom is 0.326 e. The summed E-state index contributed by atoms with van der Waals surface area (Å²) in [6, 6.07) is -2.44. The summed E-state index contributed by atoms with van der Waals surface area (Å²) in [5.41, 5.74) is 5.35. The van der Waals surface area contributed by atoms with Crippen molar-refractivity contribution in [2.75, 3.05) is 92.1 Å². The molecule has 472 valence electrons. The lowest BCUT2D eigenvalue weighted by atomic mass is 9.97. The number of hydrogen-bond donors (Lipinski definition) is 11. The van der Waals surface area contributed by atoms with Gasteiger partial charge in [-0.05, 0) is 46.0 Å². The number of amides is 5. The summed E-state index contributed by atoms with van der Waals surface area (Å²) in [5.74, 6) is -4.22. The van der Waals surface area contributed by atoms with Crippen LogP contribution in [-0.4, -0.2) is 189 Å². The van der Waals surface area contributed by atoms with Crippen molar-refractivity contribution >= 4 is 53.0 Å². The molecule has 5 amide bonds. The lowest BCUT2D eigenvalue weighted by Crippen LogP contribution is -2.57. The second-order valence-corrected chi connectivity index (χ2v) is 20.8. The summed E-state index contributed by atoms with van der Waals surface area (Å²) in [6.07, 6.45) is 25.8. The molecule has 0 bridgehead atoms. The second kappa shape index (κ2) is 51.2. The van der Waals surface area contributed by atoms with Gasteiger partial charge in [-0.2, -0.15) is 0 Å². The highest BCUT2D eigenvalue weighted by Gasteiger charge is 2.32. The molecule has 0 saturated carbocycles. The Morgan fingerprint density at radius 1 is 0.610 bits per heavy atom. The zero-order valence-electron chi connectivity index (χ0n) is 50.1. The third kappa shape index (κ3) is 46.1. The first-order chi connectivity index (χ1) is 39.3. The van der Waals surface area contributed by atoms with Crippen molar-refractivity contribution in [3.63, 3.8) is 0 Å². The third-order valence-corrected chi connectivity index (χ3v) is 12.8. The molecule has 0 aromatic carbocycles. The number of aliphatic carboxylic acids is 2. The molecular weight excluding hydrogens is 1060 g/mol. The maximum absolute atomic E-state index is 13.1. The normalized spacial score (nSPS) is 12.3. The molecule has 0 saturated heterocycles. The largest absolute Gasteiger partial charge is 0.480 e. The SMILES string of the molecule is CC(=O)NCCOCCOCC(=O)NCCOCCOCC(=O)NCCCC[C@H](NCC(=O)C(C)(C)NC(=O)[C@@H](N)Cc1cnc[nH]1)C(=O)CNCC(=O)O.CCCCCCCCCCCCCCCCCC(=O)NC(CCC)C(=O)O. The van der Waals surface area contributed by atoms with Crippen LogP contribution in [0.3, 0.4) is 0 Å². The van der Waals surface area contributed by atoms with Crippen LogP contribution in [0, 0.1) is 0 Å². The first-order valence-electron chi connectivity index (χ1n) is 29.7. The van der Waals surface area contributed by atoms with Gasteiger partial charge in [-0.15, -0.1) is 0 Å². The van der Waals surface area contributed by atoms with Crippen LogP contribution in [0.1, 0.15) is 175 Å². The van der Waals surface area contributed by atoms with Gasteiger partial charge in [-0.25, -0.2) is 9.78 Å². The number of nitrogens with one attached hydrogen (secondary N) is 8. The van der Waals surface area contributed by atoms with Crippen LogP contribution < -0.4 is 43.0 Å². The van der Waals surface area contributed by atoms with Crippen molar-refractivity contribution in [1.29, 1.82) is 0 Å². The van der Waals surface area contributed by atoms with Crippen LogP contribution >= 0.6 is 0 Å². The van der Waals surface area contributed by atoms with Gasteiger partial charge < -0.3 is 77.1 Å². The predicted molar refractivity (Wildman–Crippen MR) is 311 cm³/mol. The lowest BCUT2D eigenvalue weighted by Gasteiger charge is -2.27. The number of ether oxygens (including phenoxy) is 4. The van der Waals surface area contributed by atoms with Crippen molar-refractivity contribution < 1.29 is 72.3 Å². The van der Waals surface area contributed by atoms with E-state index in [2.05, 4.69) is 54.1 Å². The van der Waals surface area contributed by atoms with Crippen LogP contribution in [0.2, 0.25) is 0 Å². The molecule has 1 aromatic heterocycles. The minimum Gasteiger partial charge on any atom is -0.480 e. The highest BCUT2D eigenvalue weighted by atomic mass is 16.5. The number of imidazole rings is 1. The minimum absolute atomic E-state index is 0.120. The Bertz CT molecular complexity index is 1890. The first kappa shape index (κ1) is 76.6. The first-order valence-corrected chi connectivity index (χ1v) is 29.7. The number of carboxylic acid groups (broad SMARTS) is 2. The van der Waals surface area contributed by atoms with Gasteiger partial charge in [-0.3, -0.25) is 38.4 Å². The third-order valence-electron chi connectivity index (χ3n) is 12.8. The van der Waals surface area contributed by atoms with E-state index in [0.717, 1.165) is 19.3 Å². The van der Waals surface area contributed by atoms with E-state index in [1.165, 1.54) is 111 Å². The number of hydrogen-bond acceptors (Lipinski definition) is 17. The summed E-state index contributed by atoms with van der Waals surface area (Å²) < 4.78 is 21.1. The van der Waals surface area contributed by atoms with E-state index in [4.69, 9.17) is 34.9 Å². The zero-order chi connectivity index (χ0) is 61.1. The molecule has 25 heteroatoms. The molecular formula is C57H104N10O15. The Morgan fingerprint density at radius 3 is 1.66 bits per heavy atom. The standard InChI is InChI=1S/C34H59N9O12.C23H45NO3/c1-24(44)38-8-10-52-12-14-55-22-31(48)40-9-11-53-13-15-54-21-30(47)39-7-5-4-6-27(28(45)18-36-20-32(49)50)41-19-29(46)34(2,3)43-33(51)26(35)16-25-17-37-23-42-25;1-3-5-6-7-8-9-10-11-12-13-14-15-16-17-18-20-22(25)24-21(19-4-2)23(26)27/h17,23,26-27,36,41H,4-16,18-22,35H2,1-3H3,(H,37,42)(H,38,44)(H,39,47)(H,40,48)(H,43,51)(H,49,50);21H,3-20H2,1-2H3,(H,24,25)(H,26,27)/t26-,27-;/m0./s1. The van der Waals surface area contributed by atoms with Crippen LogP contribution in [0.15, 0.2) is 12.5 Å². The van der Waals surface area contributed by atoms with Gasteiger partial charge in [0.25, 0.3) is 0 Å². The summed E-state index contributed by atoms with van der Waals surface area (Å²) in [7, 11) is 0.